The molecule has 0 bridgehead atoms. The number of benzene rings is 1. The molecule has 0 aliphatic heterocycles. The number of carbonyl (C=O) groups excluding carboxylic acids is 2. The molecule has 1 N–H and O–H groups in total. The average Bonchev–Trinajstić information content (AvgIpc) is 3.30. The Morgan fingerprint density at radius 1 is 1.33 bits per heavy atom. The van der Waals surface area contributed by atoms with E-state index >= 15 is 0 Å². The molecule has 0 aliphatic rings. The van der Waals surface area contributed by atoms with Crippen molar-refractivity contribution in [3.8, 4) is 10.7 Å². The smallest absolute Gasteiger partial charge is 0.330 e. The molecule has 0 aliphatic carbocycles. The van der Waals surface area contributed by atoms with Crippen molar-refractivity contribution in [2.45, 2.75) is 26.5 Å². The van der Waals surface area contributed by atoms with Crippen LogP contribution in [0.5, 0.6) is 0 Å². The van der Waals surface area contributed by atoms with Gasteiger partial charge in [-0.05, 0) is 48.2 Å². The van der Waals surface area contributed by atoms with Crippen molar-refractivity contribution in [3.63, 3.8) is 0 Å². The molecule has 1 amide bonds. The normalized spacial score (nSPS) is 11.8. The summed E-state index contributed by atoms with van der Waals surface area (Å²) >= 11 is 7.50. The highest BCUT2D eigenvalue weighted by molar-refractivity contribution is 7.13. The first-order chi connectivity index (χ1) is 12.9. The fraction of sp³-hybridized carbons (Fsp3) is 0.235. The summed E-state index contributed by atoms with van der Waals surface area (Å²) in [5, 5.41) is 17.0. The SMILES string of the molecule is Cc1c(Cl)cccc1NC(=O)[C@@H](C)OC(=O)Cn1nnc(-c2cccs2)n1. The van der Waals surface area contributed by atoms with E-state index in [9.17, 15) is 9.59 Å². The lowest BCUT2D eigenvalue weighted by atomic mass is 10.2. The summed E-state index contributed by atoms with van der Waals surface area (Å²) in [6.07, 6.45) is -0.990. The molecule has 3 rings (SSSR count). The van der Waals surface area contributed by atoms with E-state index in [1.54, 1.807) is 25.1 Å². The maximum atomic E-state index is 12.2. The van der Waals surface area contributed by atoms with Gasteiger partial charge in [-0.2, -0.15) is 4.80 Å². The van der Waals surface area contributed by atoms with Crippen LogP contribution in [0, 0.1) is 6.92 Å². The maximum absolute atomic E-state index is 12.2. The van der Waals surface area contributed by atoms with Crippen LogP contribution in [-0.4, -0.2) is 38.2 Å². The Balaban J connectivity index is 1.55. The Morgan fingerprint density at radius 2 is 2.15 bits per heavy atom. The number of ether oxygens (including phenoxy) is 1. The van der Waals surface area contributed by atoms with Crippen molar-refractivity contribution >= 4 is 40.5 Å². The minimum absolute atomic E-state index is 0.244. The second kappa shape index (κ2) is 8.28. The lowest BCUT2D eigenvalue weighted by Gasteiger charge is -2.15. The number of halogens is 1. The number of thiophene rings is 1. The van der Waals surface area contributed by atoms with E-state index in [1.165, 1.54) is 18.3 Å². The van der Waals surface area contributed by atoms with Gasteiger partial charge in [-0.15, -0.1) is 21.5 Å². The van der Waals surface area contributed by atoms with Crippen LogP contribution in [0.1, 0.15) is 12.5 Å². The molecule has 0 spiro atoms. The van der Waals surface area contributed by atoms with Gasteiger partial charge < -0.3 is 10.1 Å². The summed E-state index contributed by atoms with van der Waals surface area (Å²) in [4.78, 5) is 26.3. The topological polar surface area (TPSA) is 99.0 Å². The molecule has 0 unspecified atom stereocenters. The van der Waals surface area contributed by atoms with E-state index < -0.39 is 18.0 Å². The summed E-state index contributed by atoms with van der Waals surface area (Å²) < 4.78 is 5.15. The van der Waals surface area contributed by atoms with Crippen LogP contribution in [-0.2, 0) is 20.9 Å². The van der Waals surface area contributed by atoms with Crippen LogP contribution < -0.4 is 5.32 Å². The van der Waals surface area contributed by atoms with Gasteiger partial charge in [-0.25, -0.2) is 4.79 Å². The van der Waals surface area contributed by atoms with Crippen LogP contribution in [0.25, 0.3) is 10.7 Å². The minimum atomic E-state index is -0.990. The summed E-state index contributed by atoms with van der Waals surface area (Å²) in [6.45, 7) is 3.03. The second-order valence-corrected chi connectivity index (χ2v) is 7.01. The predicted molar refractivity (Wildman–Crippen MR) is 102 cm³/mol. The predicted octanol–water partition coefficient (Wildman–Crippen LogP) is 2.93. The molecule has 8 nitrogen and oxygen atoms in total. The summed E-state index contributed by atoms with van der Waals surface area (Å²) in [7, 11) is 0. The van der Waals surface area contributed by atoms with E-state index in [0.717, 1.165) is 15.2 Å². The van der Waals surface area contributed by atoms with E-state index in [-0.39, 0.29) is 6.54 Å². The number of amides is 1. The summed E-state index contributed by atoms with van der Waals surface area (Å²) in [6, 6.07) is 8.90. The molecule has 0 radical (unpaired) electrons. The zero-order chi connectivity index (χ0) is 19.4. The van der Waals surface area contributed by atoms with Gasteiger partial charge in [0.1, 0.15) is 0 Å². The highest BCUT2D eigenvalue weighted by Gasteiger charge is 2.20. The van der Waals surface area contributed by atoms with E-state index in [1.807, 2.05) is 17.5 Å². The Kier molecular flexibility index (Phi) is 5.82. The number of nitrogens with zero attached hydrogens (tertiary/aromatic N) is 4. The van der Waals surface area contributed by atoms with Crippen molar-refractivity contribution in [2.75, 3.05) is 5.32 Å². The van der Waals surface area contributed by atoms with Crippen LogP contribution >= 0.6 is 22.9 Å². The van der Waals surface area contributed by atoms with Crippen LogP contribution in [0.3, 0.4) is 0 Å². The molecule has 1 aromatic carbocycles. The maximum Gasteiger partial charge on any atom is 0.330 e. The first-order valence-electron chi connectivity index (χ1n) is 8.01. The lowest BCUT2D eigenvalue weighted by molar-refractivity contribution is -0.154. The third-order valence-corrected chi connectivity index (χ3v) is 4.94. The summed E-state index contributed by atoms with van der Waals surface area (Å²) in [5.41, 5.74) is 1.30. The van der Waals surface area contributed by atoms with Crippen LogP contribution in [0.4, 0.5) is 5.69 Å². The molecule has 27 heavy (non-hydrogen) atoms. The zero-order valence-corrected chi connectivity index (χ0v) is 16.1. The third kappa shape index (κ3) is 4.69. The third-order valence-electron chi connectivity index (χ3n) is 3.67. The number of tetrazole rings is 1. The van der Waals surface area contributed by atoms with Gasteiger partial charge in [0.25, 0.3) is 5.91 Å². The van der Waals surface area contributed by atoms with Crippen molar-refractivity contribution in [1.29, 1.82) is 0 Å². The zero-order valence-electron chi connectivity index (χ0n) is 14.5. The number of anilines is 1. The van der Waals surface area contributed by atoms with Gasteiger partial charge in [-0.1, -0.05) is 23.7 Å². The lowest BCUT2D eigenvalue weighted by Crippen LogP contribution is -2.31. The molecule has 1 atom stereocenters. The highest BCUT2D eigenvalue weighted by Crippen LogP contribution is 2.23. The van der Waals surface area contributed by atoms with Crippen LogP contribution in [0.2, 0.25) is 5.02 Å². The second-order valence-electron chi connectivity index (χ2n) is 5.65. The van der Waals surface area contributed by atoms with E-state index in [2.05, 4.69) is 20.7 Å². The number of aromatic nitrogens is 4. The van der Waals surface area contributed by atoms with Crippen molar-refractivity contribution in [2.24, 2.45) is 0 Å². The Hall–Kier alpha value is -2.78. The van der Waals surface area contributed by atoms with Crippen molar-refractivity contribution < 1.29 is 14.3 Å². The molecular formula is C17H16ClN5O3S. The average molecular weight is 406 g/mol. The number of carbonyl (C=O) groups is 2. The quantitative estimate of drug-likeness (QED) is 0.633. The fourth-order valence-corrected chi connectivity index (χ4v) is 3.02. The molecule has 0 saturated carbocycles. The first-order valence-corrected chi connectivity index (χ1v) is 9.27. The summed E-state index contributed by atoms with van der Waals surface area (Å²) in [5.74, 6) is -0.671. The molecule has 3 aromatic rings. The number of hydrogen-bond donors (Lipinski definition) is 1. The van der Waals surface area contributed by atoms with Gasteiger partial charge >= 0.3 is 5.97 Å². The largest absolute Gasteiger partial charge is 0.451 e. The Bertz CT molecular complexity index is 957. The Morgan fingerprint density at radius 3 is 2.89 bits per heavy atom. The van der Waals surface area contributed by atoms with E-state index in [0.29, 0.717) is 16.5 Å². The number of nitrogens with one attached hydrogen (secondary N) is 1. The molecule has 0 saturated heterocycles. The molecule has 140 valence electrons. The number of hydrogen-bond acceptors (Lipinski definition) is 7. The van der Waals surface area contributed by atoms with E-state index in [4.69, 9.17) is 16.3 Å². The number of esters is 1. The monoisotopic (exact) mass is 405 g/mol. The molecule has 2 heterocycles. The minimum Gasteiger partial charge on any atom is -0.451 e. The number of rotatable bonds is 6. The van der Waals surface area contributed by atoms with Crippen molar-refractivity contribution in [1.82, 2.24) is 20.2 Å². The van der Waals surface area contributed by atoms with Gasteiger partial charge in [0.2, 0.25) is 5.82 Å². The van der Waals surface area contributed by atoms with Gasteiger partial charge in [-0.3, -0.25) is 4.79 Å². The molecule has 0 fully saturated rings. The van der Waals surface area contributed by atoms with Crippen LogP contribution in [0.15, 0.2) is 35.7 Å². The molecule has 10 heteroatoms. The molecular weight excluding hydrogens is 390 g/mol. The highest BCUT2D eigenvalue weighted by atomic mass is 35.5. The molecule has 2 aromatic heterocycles. The van der Waals surface area contributed by atoms with Gasteiger partial charge in [0, 0.05) is 10.7 Å². The Labute approximate surface area is 164 Å². The fourth-order valence-electron chi connectivity index (χ4n) is 2.20. The standard InChI is InChI=1S/C17H16ClN5O3S/c1-10-12(18)5-3-6-13(10)19-17(25)11(2)26-15(24)9-23-21-16(20-22-23)14-7-4-8-27-14/h3-8,11H,9H2,1-2H3,(H,19,25)/t11-/m1/s1. The first kappa shape index (κ1) is 19.0. The van der Waals surface area contributed by atoms with Gasteiger partial charge in [0.15, 0.2) is 12.6 Å². The van der Waals surface area contributed by atoms with Crippen molar-refractivity contribution in [3.05, 3.63) is 46.3 Å². The van der Waals surface area contributed by atoms with Gasteiger partial charge in [0.05, 0.1) is 4.88 Å².